The van der Waals surface area contributed by atoms with Crippen molar-refractivity contribution in [2.45, 2.75) is 58.3 Å². The smallest absolute Gasteiger partial charge is 0.306 e. The topological polar surface area (TPSA) is 26.3 Å². The molecule has 0 bridgehead atoms. The molecule has 0 aromatic rings. The van der Waals surface area contributed by atoms with E-state index in [1.54, 1.807) is 0 Å². The summed E-state index contributed by atoms with van der Waals surface area (Å²) in [7, 11) is 1.38. The normalized spacial score (nSPS) is 8.59. The fourth-order valence-corrected chi connectivity index (χ4v) is 1.30. The van der Waals surface area contributed by atoms with E-state index >= 15 is 0 Å². The highest BCUT2D eigenvalue weighted by atomic mass is 16.5. The molecule has 0 amide bonds. The van der Waals surface area contributed by atoms with Gasteiger partial charge in [0, 0.05) is 12.8 Å². The third kappa shape index (κ3) is 12.5. The van der Waals surface area contributed by atoms with Crippen LogP contribution < -0.4 is 0 Å². The summed E-state index contributed by atoms with van der Waals surface area (Å²) in [6.45, 7) is 2.21. The highest BCUT2D eigenvalue weighted by Crippen LogP contribution is 2.03. The first-order chi connectivity index (χ1) is 8.31. The molecular weight excluding hydrogens is 212 g/mol. The summed E-state index contributed by atoms with van der Waals surface area (Å²) in [4.78, 5) is 10.7. The zero-order valence-electron chi connectivity index (χ0n) is 11.0. The van der Waals surface area contributed by atoms with Gasteiger partial charge in [0.05, 0.1) is 13.5 Å². The monoisotopic (exact) mass is 234 g/mol. The highest BCUT2D eigenvalue weighted by Gasteiger charge is 1.94. The number of methoxy groups -OCH3 is 1. The summed E-state index contributed by atoms with van der Waals surface area (Å²) >= 11 is 0. The zero-order valence-corrected chi connectivity index (χ0v) is 11.0. The van der Waals surface area contributed by atoms with Crippen LogP contribution in [0.5, 0.6) is 0 Å². The first-order valence-corrected chi connectivity index (χ1v) is 6.33. The number of rotatable bonds is 7. The quantitative estimate of drug-likeness (QED) is 0.384. The second-order valence-electron chi connectivity index (χ2n) is 3.84. The average molecular weight is 234 g/mol. The number of carbonyl (C=O) groups is 1. The fraction of sp³-hybridized carbons (Fsp3) is 0.667. The SMILES string of the molecule is CCCCCCCC#CC#CCCC(=O)OC. The predicted octanol–water partition coefficient (Wildman–Crippen LogP) is 3.31. The molecule has 0 radical (unpaired) electrons. The number of carbonyl (C=O) groups excluding carboxylic acids is 1. The second-order valence-corrected chi connectivity index (χ2v) is 3.84. The van der Waals surface area contributed by atoms with Crippen LogP contribution in [0.25, 0.3) is 0 Å². The maximum Gasteiger partial charge on any atom is 0.306 e. The third-order valence-electron chi connectivity index (χ3n) is 2.33. The molecule has 0 N–H and O–H groups in total. The fourth-order valence-electron chi connectivity index (χ4n) is 1.30. The zero-order chi connectivity index (χ0) is 12.8. The first-order valence-electron chi connectivity index (χ1n) is 6.33. The summed E-state index contributed by atoms with van der Waals surface area (Å²) in [5.41, 5.74) is 0. The van der Waals surface area contributed by atoms with Crippen LogP contribution in [0, 0.1) is 23.7 Å². The predicted molar refractivity (Wildman–Crippen MR) is 70.2 cm³/mol. The molecule has 0 aliphatic rings. The Balaban J connectivity index is 3.41. The van der Waals surface area contributed by atoms with Crippen LogP contribution in [0.2, 0.25) is 0 Å². The minimum absolute atomic E-state index is 0.219. The summed E-state index contributed by atoms with van der Waals surface area (Å²) in [6, 6.07) is 0. The van der Waals surface area contributed by atoms with E-state index in [1.165, 1.54) is 32.8 Å². The minimum Gasteiger partial charge on any atom is -0.469 e. The van der Waals surface area contributed by atoms with Crippen molar-refractivity contribution in [2.75, 3.05) is 7.11 Å². The van der Waals surface area contributed by atoms with E-state index < -0.39 is 0 Å². The number of unbranched alkanes of at least 4 members (excludes halogenated alkanes) is 5. The van der Waals surface area contributed by atoms with Gasteiger partial charge in [-0.2, -0.15) is 0 Å². The summed E-state index contributed by atoms with van der Waals surface area (Å²) in [6.07, 6.45) is 8.13. The Bertz CT molecular complexity index is 309. The molecule has 0 saturated heterocycles. The van der Waals surface area contributed by atoms with E-state index in [-0.39, 0.29) is 5.97 Å². The van der Waals surface area contributed by atoms with Crippen molar-refractivity contribution < 1.29 is 9.53 Å². The minimum atomic E-state index is -0.219. The van der Waals surface area contributed by atoms with Crippen LogP contribution in [-0.4, -0.2) is 13.1 Å². The van der Waals surface area contributed by atoms with Gasteiger partial charge in [-0.1, -0.05) is 44.4 Å². The lowest BCUT2D eigenvalue weighted by atomic mass is 10.1. The Morgan fingerprint density at radius 1 is 1.00 bits per heavy atom. The summed E-state index contributed by atoms with van der Waals surface area (Å²) < 4.78 is 4.50. The van der Waals surface area contributed by atoms with E-state index in [0.717, 1.165) is 12.8 Å². The third-order valence-corrected chi connectivity index (χ3v) is 2.33. The number of hydrogen-bond donors (Lipinski definition) is 0. The lowest BCUT2D eigenvalue weighted by Gasteiger charge is -1.93. The van der Waals surface area contributed by atoms with E-state index in [0.29, 0.717) is 12.8 Å². The van der Waals surface area contributed by atoms with Gasteiger partial charge in [0.2, 0.25) is 0 Å². The molecule has 0 unspecified atom stereocenters. The van der Waals surface area contributed by atoms with Crippen LogP contribution in [0.3, 0.4) is 0 Å². The molecule has 0 rings (SSSR count). The maximum absolute atomic E-state index is 10.7. The van der Waals surface area contributed by atoms with Crippen molar-refractivity contribution in [3.05, 3.63) is 0 Å². The molecule has 2 nitrogen and oxygen atoms in total. The van der Waals surface area contributed by atoms with Gasteiger partial charge in [0.25, 0.3) is 0 Å². The van der Waals surface area contributed by atoms with Gasteiger partial charge in [-0.3, -0.25) is 4.79 Å². The van der Waals surface area contributed by atoms with E-state index in [1.807, 2.05) is 0 Å². The Hall–Kier alpha value is -1.41. The Kier molecular flexibility index (Phi) is 11.6. The van der Waals surface area contributed by atoms with Gasteiger partial charge in [-0.25, -0.2) is 0 Å². The molecule has 0 heterocycles. The Morgan fingerprint density at radius 3 is 2.29 bits per heavy atom. The molecule has 17 heavy (non-hydrogen) atoms. The molecule has 0 atom stereocenters. The van der Waals surface area contributed by atoms with Crippen LogP contribution in [0.15, 0.2) is 0 Å². The van der Waals surface area contributed by atoms with Crippen LogP contribution >= 0.6 is 0 Å². The number of hydrogen-bond acceptors (Lipinski definition) is 2. The van der Waals surface area contributed by atoms with Gasteiger partial charge < -0.3 is 4.74 Å². The maximum atomic E-state index is 10.7. The molecule has 0 spiro atoms. The summed E-state index contributed by atoms with van der Waals surface area (Å²) in [5, 5.41) is 0. The van der Waals surface area contributed by atoms with Gasteiger partial charge in [0.1, 0.15) is 0 Å². The van der Waals surface area contributed by atoms with Gasteiger partial charge in [0.15, 0.2) is 0 Å². The number of ether oxygens (including phenoxy) is 1. The van der Waals surface area contributed by atoms with E-state index in [2.05, 4.69) is 35.3 Å². The molecule has 0 aliphatic carbocycles. The van der Waals surface area contributed by atoms with E-state index in [9.17, 15) is 4.79 Å². The number of esters is 1. The lowest BCUT2D eigenvalue weighted by molar-refractivity contribution is -0.140. The van der Waals surface area contributed by atoms with Crippen molar-refractivity contribution in [3.63, 3.8) is 0 Å². The largest absolute Gasteiger partial charge is 0.469 e. The van der Waals surface area contributed by atoms with Gasteiger partial charge in [-0.05, 0) is 18.3 Å². The van der Waals surface area contributed by atoms with Gasteiger partial charge >= 0.3 is 5.97 Å². The molecule has 0 aromatic heterocycles. The molecule has 94 valence electrons. The molecule has 0 fully saturated rings. The Labute approximate surface area is 105 Å². The van der Waals surface area contributed by atoms with Crippen molar-refractivity contribution in [1.82, 2.24) is 0 Å². The average Bonchev–Trinajstić information content (AvgIpc) is 2.35. The first kappa shape index (κ1) is 15.6. The Morgan fingerprint density at radius 2 is 1.65 bits per heavy atom. The lowest BCUT2D eigenvalue weighted by Crippen LogP contribution is -1.97. The molecule has 0 aromatic carbocycles. The van der Waals surface area contributed by atoms with Crippen molar-refractivity contribution in [2.24, 2.45) is 0 Å². The molecule has 0 aliphatic heterocycles. The van der Waals surface area contributed by atoms with Crippen molar-refractivity contribution >= 4 is 5.97 Å². The van der Waals surface area contributed by atoms with Crippen molar-refractivity contribution in [3.8, 4) is 23.7 Å². The standard InChI is InChI=1S/C15H22O2/c1-3-4-5-6-7-8-9-10-11-12-13-14-15(16)17-2/h3-8,13-14H2,1-2H3. The van der Waals surface area contributed by atoms with Crippen molar-refractivity contribution in [1.29, 1.82) is 0 Å². The van der Waals surface area contributed by atoms with Crippen LogP contribution in [-0.2, 0) is 9.53 Å². The second kappa shape index (κ2) is 12.7. The molecule has 2 heteroatoms. The van der Waals surface area contributed by atoms with E-state index in [4.69, 9.17) is 0 Å². The van der Waals surface area contributed by atoms with Crippen LogP contribution in [0.1, 0.15) is 58.3 Å². The van der Waals surface area contributed by atoms with Crippen LogP contribution in [0.4, 0.5) is 0 Å². The molecular formula is C15H22O2. The summed E-state index contributed by atoms with van der Waals surface area (Å²) in [5.74, 6) is 11.2. The highest BCUT2D eigenvalue weighted by molar-refractivity contribution is 5.69. The van der Waals surface area contributed by atoms with Gasteiger partial charge in [-0.15, -0.1) is 0 Å². The molecule has 0 saturated carbocycles.